The van der Waals surface area contributed by atoms with E-state index >= 15 is 0 Å². The Balaban J connectivity index is 1.88. The summed E-state index contributed by atoms with van der Waals surface area (Å²) in [6, 6.07) is 5.44. The van der Waals surface area contributed by atoms with Crippen LogP contribution in [0.5, 0.6) is 5.75 Å². The SMILES string of the molecule is COCCN(CCOC)C(=O)c1cc(Cl)cc(C(=O)Nc2nc3ccc(C(F)(F)F)cc3s2)c1O. The van der Waals surface area contributed by atoms with Crippen molar-refractivity contribution in [3.8, 4) is 5.75 Å². The van der Waals surface area contributed by atoms with Crippen LogP contribution in [0.2, 0.25) is 5.02 Å². The molecule has 0 atom stereocenters. The lowest BCUT2D eigenvalue weighted by Gasteiger charge is -2.23. The fraction of sp³-hybridized carbons (Fsp3) is 0.318. The Morgan fingerprint density at radius 3 is 2.34 bits per heavy atom. The summed E-state index contributed by atoms with van der Waals surface area (Å²) in [4.78, 5) is 31.4. The van der Waals surface area contributed by atoms with Crippen molar-refractivity contribution in [3.05, 3.63) is 52.0 Å². The van der Waals surface area contributed by atoms with Crippen molar-refractivity contribution < 1.29 is 37.3 Å². The number of hydrogen-bond donors (Lipinski definition) is 2. The van der Waals surface area contributed by atoms with E-state index in [0.717, 1.165) is 23.5 Å². The summed E-state index contributed by atoms with van der Waals surface area (Å²) in [6.45, 7) is 0.880. The number of ether oxygens (including phenoxy) is 2. The van der Waals surface area contributed by atoms with Crippen LogP contribution in [0.15, 0.2) is 30.3 Å². The Morgan fingerprint density at radius 1 is 1.11 bits per heavy atom. The number of phenols is 1. The molecule has 0 aliphatic heterocycles. The van der Waals surface area contributed by atoms with Crippen LogP contribution in [0.4, 0.5) is 18.3 Å². The van der Waals surface area contributed by atoms with Crippen molar-refractivity contribution >= 4 is 50.1 Å². The standard InChI is InChI=1S/C22H21ClF3N3O5S/c1-33-7-5-29(6-8-34-2)20(32)15-11-13(23)10-14(18(15)30)19(31)28-21-27-16-4-3-12(22(24,25)26)9-17(16)35-21/h3-4,9-11,30H,5-8H2,1-2H3,(H,27,28,31). The largest absolute Gasteiger partial charge is 0.506 e. The number of benzene rings is 2. The minimum Gasteiger partial charge on any atom is -0.506 e. The van der Waals surface area contributed by atoms with E-state index in [9.17, 15) is 27.9 Å². The maximum atomic E-state index is 13.1. The molecule has 3 aromatic rings. The van der Waals surface area contributed by atoms with Gasteiger partial charge in [0, 0.05) is 32.3 Å². The smallest absolute Gasteiger partial charge is 0.416 e. The average molecular weight is 532 g/mol. The van der Waals surface area contributed by atoms with Crippen LogP contribution in [-0.2, 0) is 15.7 Å². The van der Waals surface area contributed by atoms with Gasteiger partial charge in [-0.1, -0.05) is 22.9 Å². The van der Waals surface area contributed by atoms with Crippen molar-refractivity contribution in [2.24, 2.45) is 0 Å². The Hall–Kier alpha value is -2.93. The molecule has 2 N–H and O–H groups in total. The lowest BCUT2D eigenvalue weighted by atomic mass is 10.1. The highest BCUT2D eigenvalue weighted by atomic mass is 35.5. The van der Waals surface area contributed by atoms with Gasteiger partial charge in [-0.05, 0) is 30.3 Å². The van der Waals surface area contributed by atoms with Crippen LogP contribution in [0.25, 0.3) is 10.2 Å². The van der Waals surface area contributed by atoms with Crippen LogP contribution in [0.1, 0.15) is 26.3 Å². The second-order valence-electron chi connectivity index (χ2n) is 7.28. The van der Waals surface area contributed by atoms with E-state index in [0.29, 0.717) is 0 Å². The number of phenolic OH excluding ortho intramolecular Hbond substituents is 1. The van der Waals surface area contributed by atoms with Gasteiger partial charge in [0.25, 0.3) is 11.8 Å². The third kappa shape index (κ3) is 6.40. The van der Waals surface area contributed by atoms with Gasteiger partial charge < -0.3 is 19.5 Å². The van der Waals surface area contributed by atoms with Gasteiger partial charge in [-0.15, -0.1) is 0 Å². The van der Waals surface area contributed by atoms with Gasteiger partial charge in [0.1, 0.15) is 5.75 Å². The van der Waals surface area contributed by atoms with Crippen LogP contribution in [0.3, 0.4) is 0 Å². The number of carbonyl (C=O) groups is 2. The molecule has 0 aliphatic carbocycles. The first-order valence-electron chi connectivity index (χ1n) is 10.1. The number of fused-ring (bicyclic) bond motifs is 1. The summed E-state index contributed by atoms with van der Waals surface area (Å²) >= 11 is 6.95. The van der Waals surface area contributed by atoms with Gasteiger partial charge in [-0.3, -0.25) is 14.9 Å². The van der Waals surface area contributed by atoms with Gasteiger partial charge in [-0.25, -0.2) is 4.98 Å². The van der Waals surface area contributed by atoms with Gasteiger partial charge in [0.15, 0.2) is 5.13 Å². The quantitative estimate of drug-likeness (QED) is 0.416. The maximum Gasteiger partial charge on any atom is 0.416 e. The molecular formula is C22H21ClF3N3O5S. The monoisotopic (exact) mass is 531 g/mol. The molecule has 8 nitrogen and oxygen atoms in total. The first-order chi connectivity index (χ1) is 16.5. The van der Waals surface area contributed by atoms with E-state index in [1.165, 1.54) is 37.3 Å². The number of amides is 2. The lowest BCUT2D eigenvalue weighted by Crippen LogP contribution is -2.36. The third-order valence-electron chi connectivity index (χ3n) is 4.90. The molecule has 188 valence electrons. The average Bonchev–Trinajstić information content (AvgIpc) is 3.20. The maximum absolute atomic E-state index is 13.1. The predicted octanol–water partition coefficient (Wildman–Crippen LogP) is 4.66. The molecule has 0 saturated carbocycles. The number of nitrogens with one attached hydrogen (secondary N) is 1. The van der Waals surface area contributed by atoms with Crippen LogP contribution >= 0.6 is 22.9 Å². The number of halogens is 4. The van der Waals surface area contributed by atoms with Crippen molar-refractivity contribution in [1.29, 1.82) is 0 Å². The highest BCUT2D eigenvalue weighted by Crippen LogP contribution is 2.35. The molecule has 0 bridgehead atoms. The first kappa shape index (κ1) is 26.7. The Kier molecular flexibility index (Phi) is 8.54. The summed E-state index contributed by atoms with van der Waals surface area (Å²) in [5.74, 6) is -2.03. The number of nitrogens with zero attached hydrogens (tertiary/aromatic N) is 2. The van der Waals surface area contributed by atoms with Crippen LogP contribution < -0.4 is 5.32 Å². The highest BCUT2D eigenvalue weighted by Gasteiger charge is 2.31. The highest BCUT2D eigenvalue weighted by molar-refractivity contribution is 7.22. The van der Waals surface area contributed by atoms with Crippen molar-refractivity contribution in [3.63, 3.8) is 0 Å². The summed E-state index contributed by atoms with van der Waals surface area (Å²) in [5.41, 5.74) is -1.08. The minimum atomic E-state index is -4.52. The molecule has 0 spiro atoms. The molecule has 1 aromatic heterocycles. The summed E-state index contributed by atoms with van der Waals surface area (Å²) in [6.07, 6.45) is -4.52. The van der Waals surface area contributed by atoms with Gasteiger partial charge in [0.2, 0.25) is 0 Å². The second-order valence-corrected chi connectivity index (χ2v) is 8.75. The van der Waals surface area contributed by atoms with Crippen molar-refractivity contribution in [2.75, 3.05) is 45.8 Å². The molecule has 0 unspecified atom stereocenters. The zero-order valence-electron chi connectivity index (χ0n) is 18.6. The number of hydrogen-bond acceptors (Lipinski definition) is 7. The van der Waals surface area contributed by atoms with Crippen LogP contribution in [-0.4, -0.2) is 67.3 Å². The Bertz CT molecular complexity index is 1230. The number of alkyl halides is 3. The zero-order valence-corrected chi connectivity index (χ0v) is 20.2. The minimum absolute atomic E-state index is 0.0124. The topological polar surface area (TPSA) is 101 Å². The van der Waals surface area contributed by atoms with E-state index in [2.05, 4.69) is 10.3 Å². The number of anilines is 1. The number of aromatic nitrogens is 1. The van der Waals surface area contributed by atoms with Gasteiger partial charge >= 0.3 is 6.18 Å². The summed E-state index contributed by atoms with van der Waals surface area (Å²) in [5, 5.41) is 13.2. The Labute approximate surface area is 207 Å². The third-order valence-corrected chi connectivity index (χ3v) is 6.06. The fourth-order valence-electron chi connectivity index (χ4n) is 3.14. The molecule has 1 heterocycles. The molecule has 3 rings (SSSR count). The number of methoxy groups -OCH3 is 2. The zero-order chi connectivity index (χ0) is 25.8. The van der Waals surface area contributed by atoms with E-state index < -0.39 is 29.3 Å². The summed E-state index contributed by atoms with van der Waals surface area (Å²) < 4.78 is 49.1. The van der Waals surface area contributed by atoms with E-state index in [1.807, 2.05) is 0 Å². The van der Waals surface area contributed by atoms with E-state index in [-0.39, 0.29) is 57.8 Å². The first-order valence-corrected chi connectivity index (χ1v) is 11.3. The normalized spacial score (nSPS) is 11.6. The number of thiazole rings is 1. The predicted molar refractivity (Wildman–Crippen MR) is 125 cm³/mol. The molecule has 2 amide bonds. The number of rotatable bonds is 9. The van der Waals surface area contributed by atoms with Gasteiger partial charge in [-0.2, -0.15) is 13.2 Å². The van der Waals surface area contributed by atoms with E-state index in [1.54, 1.807) is 0 Å². The Morgan fingerprint density at radius 2 is 1.74 bits per heavy atom. The second kappa shape index (κ2) is 11.2. The summed E-state index contributed by atoms with van der Waals surface area (Å²) in [7, 11) is 2.95. The van der Waals surface area contributed by atoms with Gasteiger partial charge in [0.05, 0.1) is 40.1 Å². The molecular weight excluding hydrogens is 511 g/mol. The number of carbonyl (C=O) groups excluding carboxylic acids is 2. The molecule has 0 saturated heterocycles. The van der Waals surface area contributed by atoms with Crippen molar-refractivity contribution in [1.82, 2.24) is 9.88 Å². The van der Waals surface area contributed by atoms with E-state index in [4.69, 9.17) is 21.1 Å². The molecule has 0 radical (unpaired) electrons. The van der Waals surface area contributed by atoms with Crippen LogP contribution in [0, 0.1) is 0 Å². The molecule has 2 aromatic carbocycles. The molecule has 13 heteroatoms. The number of aromatic hydroxyl groups is 1. The molecule has 35 heavy (non-hydrogen) atoms. The molecule has 0 fully saturated rings. The molecule has 0 aliphatic rings. The van der Waals surface area contributed by atoms with Crippen molar-refractivity contribution in [2.45, 2.75) is 6.18 Å². The lowest BCUT2D eigenvalue weighted by molar-refractivity contribution is -0.137. The fourth-order valence-corrected chi connectivity index (χ4v) is 4.26.